The predicted octanol–water partition coefficient (Wildman–Crippen LogP) is -0.717. The zero-order valence-electron chi connectivity index (χ0n) is 18.4. The molecule has 1 aromatic rings. The first-order valence-corrected chi connectivity index (χ1v) is 10.0. The van der Waals surface area contributed by atoms with Crippen LogP contribution in [-0.4, -0.2) is 59.6 Å². The summed E-state index contributed by atoms with van der Waals surface area (Å²) in [5, 5.41) is 18.7. The minimum Gasteiger partial charge on any atom is -0.445 e. The Morgan fingerprint density at radius 2 is 1.58 bits per heavy atom. The summed E-state index contributed by atoms with van der Waals surface area (Å²) in [6, 6.07) is 2.88. The van der Waals surface area contributed by atoms with Crippen LogP contribution in [0.4, 0.5) is 10.5 Å². The highest BCUT2D eigenvalue weighted by Crippen LogP contribution is 2.10. The second-order valence-corrected chi connectivity index (χ2v) is 7.06. The zero-order chi connectivity index (χ0) is 25.0. The van der Waals surface area contributed by atoms with Crippen LogP contribution in [0.5, 0.6) is 0 Å². The lowest BCUT2D eigenvalue weighted by Crippen LogP contribution is -2.55. The van der Waals surface area contributed by atoms with Crippen LogP contribution in [0.3, 0.4) is 0 Å². The lowest BCUT2D eigenvalue weighted by Gasteiger charge is -2.21. The van der Waals surface area contributed by atoms with Gasteiger partial charge in [-0.05, 0) is 31.5 Å². The lowest BCUT2D eigenvalue weighted by atomic mass is 10.1. The Morgan fingerprint density at radius 3 is 2.12 bits per heavy atom. The summed E-state index contributed by atoms with van der Waals surface area (Å²) in [6.07, 6.45) is 0.0550. The van der Waals surface area contributed by atoms with Crippen molar-refractivity contribution in [2.75, 3.05) is 11.9 Å². The average molecular weight is 463 g/mol. The summed E-state index contributed by atoms with van der Waals surface area (Å²) >= 11 is 0. The second-order valence-electron chi connectivity index (χ2n) is 7.06. The van der Waals surface area contributed by atoms with Gasteiger partial charge in [0.2, 0.25) is 23.6 Å². The maximum Gasteiger partial charge on any atom is 0.408 e. The van der Waals surface area contributed by atoms with Gasteiger partial charge in [-0.2, -0.15) is 0 Å². The summed E-state index contributed by atoms with van der Waals surface area (Å²) in [7, 11) is 0. The normalized spacial score (nSPS) is 12.9. The van der Waals surface area contributed by atoms with E-state index >= 15 is 0 Å². The summed E-state index contributed by atoms with van der Waals surface area (Å²) in [6.45, 7) is 5.95. The van der Waals surface area contributed by atoms with Gasteiger partial charge < -0.3 is 36.8 Å². The van der Waals surface area contributed by atoms with Gasteiger partial charge in [-0.25, -0.2) is 4.79 Å². The summed E-state index contributed by atoms with van der Waals surface area (Å²) in [5.74, 6) is -2.94. The predicted molar refractivity (Wildman–Crippen MR) is 118 cm³/mol. The number of aliphatic hydroxyl groups is 1. The Balaban J connectivity index is 2.71. The highest BCUT2D eigenvalue weighted by atomic mass is 16.5. The average Bonchev–Trinajstić information content (AvgIpc) is 2.77. The fourth-order valence-electron chi connectivity index (χ4n) is 2.45. The molecule has 7 N–H and O–H groups in total. The Hall–Kier alpha value is -3.93. The standard InChI is InChI=1S/C21H29N5O7/c1-4-9-33-21(32)24-13(3)18(29)23-12(2)19(30)26-16(10-17(22)28)20(31)25-15-7-5-14(11-27)6-8-15/h4-8,12-13,16,27H,1,9-11H2,2-3H3,(H2,22,28)(H,23,29)(H,24,32)(H,25,31)(H,26,30). The van der Waals surface area contributed by atoms with Gasteiger partial charge in [0.05, 0.1) is 13.0 Å². The first-order valence-electron chi connectivity index (χ1n) is 10.0. The fourth-order valence-corrected chi connectivity index (χ4v) is 2.45. The van der Waals surface area contributed by atoms with E-state index in [1.807, 2.05) is 0 Å². The summed E-state index contributed by atoms with van der Waals surface area (Å²) in [4.78, 5) is 60.1. The van der Waals surface area contributed by atoms with Crippen LogP contribution in [0.2, 0.25) is 0 Å². The number of primary amides is 1. The summed E-state index contributed by atoms with van der Waals surface area (Å²) < 4.78 is 4.71. The van der Waals surface area contributed by atoms with Crippen molar-refractivity contribution in [2.24, 2.45) is 5.73 Å². The molecule has 0 saturated heterocycles. The van der Waals surface area contributed by atoms with Crippen LogP contribution >= 0.6 is 0 Å². The van der Waals surface area contributed by atoms with Gasteiger partial charge in [0.25, 0.3) is 0 Å². The highest BCUT2D eigenvalue weighted by molar-refractivity contribution is 6.00. The molecular weight excluding hydrogens is 434 g/mol. The molecule has 1 rings (SSSR count). The molecule has 0 aliphatic carbocycles. The van der Waals surface area contributed by atoms with Gasteiger partial charge in [0.15, 0.2) is 0 Å². The van der Waals surface area contributed by atoms with Crippen LogP contribution in [0.1, 0.15) is 25.8 Å². The third kappa shape index (κ3) is 9.82. The third-order valence-corrected chi connectivity index (χ3v) is 4.25. The largest absolute Gasteiger partial charge is 0.445 e. The first kappa shape index (κ1) is 27.1. The first-order chi connectivity index (χ1) is 15.6. The van der Waals surface area contributed by atoms with E-state index in [1.165, 1.54) is 19.9 Å². The van der Waals surface area contributed by atoms with Crippen molar-refractivity contribution in [1.82, 2.24) is 16.0 Å². The molecule has 0 aliphatic rings. The maximum absolute atomic E-state index is 12.6. The number of alkyl carbamates (subject to hydrolysis) is 1. The number of carbonyl (C=O) groups is 5. The number of carbonyl (C=O) groups excluding carboxylic acids is 5. The molecule has 0 heterocycles. The van der Waals surface area contributed by atoms with Crippen molar-refractivity contribution < 1.29 is 33.8 Å². The molecule has 0 aliphatic heterocycles. The summed E-state index contributed by atoms with van der Waals surface area (Å²) in [5.41, 5.74) is 6.21. The van der Waals surface area contributed by atoms with Gasteiger partial charge in [0, 0.05) is 5.69 Å². The van der Waals surface area contributed by atoms with Gasteiger partial charge >= 0.3 is 6.09 Å². The van der Waals surface area contributed by atoms with Crippen LogP contribution in [0.15, 0.2) is 36.9 Å². The van der Waals surface area contributed by atoms with Gasteiger partial charge in [-0.3, -0.25) is 19.2 Å². The second kappa shape index (κ2) is 13.5. The number of amides is 5. The van der Waals surface area contributed by atoms with E-state index in [4.69, 9.17) is 15.6 Å². The van der Waals surface area contributed by atoms with E-state index in [2.05, 4.69) is 27.8 Å². The molecule has 0 bridgehead atoms. The fraction of sp³-hybridized carbons (Fsp3) is 0.381. The topological polar surface area (TPSA) is 189 Å². The molecule has 0 radical (unpaired) electrons. The molecule has 1 aromatic carbocycles. The number of benzene rings is 1. The molecule has 33 heavy (non-hydrogen) atoms. The Morgan fingerprint density at radius 1 is 1.00 bits per heavy atom. The van der Waals surface area contributed by atoms with E-state index < -0.39 is 54.3 Å². The number of rotatable bonds is 12. The number of nitrogens with two attached hydrogens (primary N) is 1. The Kier molecular flexibility index (Phi) is 11.1. The number of ether oxygens (including phenoxy) is 1. The van der Waals surface area contributed by atoms with E-state index in [1.54, 1.807) is 24.3 Å². The molecule has 0 aromatic heterocycles. The molecule has 5 amide bonds. The number of hydrogen-bond acceptors (Lipinski definition) is 7. The van der Waals surface area contributed by atoms with E-state index in [9.17, 15) is 24.0 Å². The van der Waals surface area contributed by atoms with Crippen LogP contribution < -0.4 is 27.0 Å². The lowest BCUT2D eigenvalue weighted by molar-refractivity contribution is -0.132. The van der Waals surface area contributed by atoms with E-state index in [0.717, 1.165) is 0 Å². The molecule has 3 atom stereocenters. The van der Waals surface area contributed by atoms with Gasteiger partial charge in [-0.1, -0.05) is 24.8 Å². The minimum absolute atomic E-state index is 0.0339. The highest BCUT2D eigenvalue weighted by Gasteiger charge is 2.27. The molecule has 12 heteroatoms. The van der Waals surface area contributed by atoms with Crippen molar-refractivity contribution in [1.29, 1.82) is 0 Å². The van der Waals surface area contributed by atoms with Crippen LogP contribution in [0.25, 0.3) is 0 Å². The van der Waals surface area contributed by atoms with Gasteiger partial charge in [-0.15, -0.1) is 0 Å². The number of hydrogen-bond donors (Lipinski definition) is 6. The Bertz CT molecular complexity index is 872. The maximum atomic E-state index is 12.6. The molecule has 180 valence electrons. The van der Waals surface area contributed by atoms with E-state index in [-0.39, 0.29) is 13.2 Å². The third-order valence-electron chi connectivity index (χ3n) is 4.25. The molecule has 0 fully saturated rings. The SMILES string of the molecule is C=CCOC(=O)NC(C)C(=O)NC(C)C(=O)NC(CC(N)=O)C(=O)Nc1ccc(CO)cc1. The zero-order valence-corrected chi connectivity index (χ0v) is 18.4. The van der Waals surface area contributed by atoms with Crippen LogP contribution in [0, 0.1) is 0 Å². The van der Waals surface area contributed by atoms with Crippen molar-refractivity contribution in [3.05, 3.63) is 42.5 Å². The molecule has 12 nitrogen and oxygen atoms in total. The monoisotopic (exact) mass is 463 g/mol. The minimum atomic E-state index is -1.30. The molecule has 0 saturated carbocycles. The van der Waals surface area contributed by atoms with Crippen molar-refractivity contribution >= 4 is 35.4 Å². The van der Waals surface area contributed by atoms with Crippen molar-refractivity contribution in [2.45, 2.75) is 45.0 Å². The van der Waals surface area contributed by atoms with Crippen molar-refractivity contribution in [3.8, 4) is 0 Å². The smallest absolute Gasteiger partial charge is 0.408 e. The van der Waals surface area contributed by atoms with Crippen LogP contribution in [-0.2, 0) is 30.5 Å². The number of aliphatic hydroxyl groups excluding tert-OH is 1. The van der Waals surface area contributed by atoms with Crippen molar-refractivity contribution in [3.63, 3.8) is 0 Å². The number of anilines is 1. The van der Waals surface area contributed by atoms with Gasteiger partial charge in [0.1, 0.15) is 24.7 Å². The molecular formula is C21H29N5O7. The quantitative estimate of drug-likeness (QED) is 0.221. The van der Waals surface area contributed by atoms with E-state index in [0.29, 0.717) is 11.3 Å². The Labute approximate surface area is 190 Å². The number of nitrogens with one attached hydrogen (secondary N) is 4. The molecule has 3 unspecified atom stereocenters. The molecule has 0 spiro atoms.